The molecule has 0 aromatic rings. The van der Waals surface area contributed by atoms with E-state index in [-0.39, 0.29) is 11.8 Å². The number of nitrogens with one attached hydrogen (secondary N) is 2. The number of hydrogen-bond donors (Lipinski definition) is 4. The predicted octanol–water partition coefficient (Wildman–Crippen LogP) is -1.49. The molecular formula is C7H18N4O3S. The minimum Gasteiger partial charge on any atom is -0.409 e. The lowest BCUT2D eigenvalue weighted by atomic mass is 10.1. The summed E-state index contributed by atoms with van der Waals surface area (Å²) in [7, 11) is -3.12. The van der Waals surface area contributed by atoms with Gasteiger partial charge in [-0.2, -0.15) is 0 Å². The minimum absolute atomic E-state index is 0.0896. The van der Waals surface area contributed by atoms with Crippen LogP contribution in [0.5, 0.6) is 0 Å². The zero-order valence-electron chi connectivity index (χ0n) is 8.90. The minimum atomic E-state index is -3.12. The zero-order chi connectivity index (χ0) is 11.9. The summed E-state index contributed by atoms with van der Waals surface area (Å²) in [6.45, 7) is 3.14. The Bertz CT molecular complexity index is 301. The number of nitrogens with two attached hydrogens (primary N) is 1. The first-order valence-corrected chi connectivity index (χ1v) is 6.38. The Kier molecular flexibility index (Phi) is 6.21. The molecule has 0 heterocycles. The van der Waals surface area contributed by atoms with Crippen LogP contribution in [0, 0.1) is 5.92 Å². The second kappa shape index (κ2) is 6.59. The molecule has 90 valence electrons. The molecule has 0 rings (SSSR count). The summed E-state index contributed by atoms with van der Waals surface area (Å²) in [6, 6.07) is 0. The molecule has 1 unspecified atom stereocenters. The van der Waals surface area contributed by atoms with Crippen molar-refractivity contribution in [1.82, 2.24) is 10.0 Å². The first-order chi connectivity index (χ1) is 6.87. The molecule has 15 heavy (non-hydrogen) atoms. The van der Waals surface area contributed by atoms with E-state index in [1.54, 1.807) is 6.92 Å². The fourth-order valence-electron chi connectivity index (χ4n) is 0.847. The highest BCUT2D eigenvalue weighted by Crippen LogP contribution is 1.90. The molecule has 0 amide bonds. The third-order valence-corrected chi connectivity index (χ3v) is 2.47. The standard InChI is InChI=1S/C7H18N4O3S/c1-6(7(8)11-12)5-9-3-4-10-15(2,13)14/h6,9-10,12H,3-5H2,1-2H3,(H2,8,11). The van der Waals surface area contributed by atoms with Crippen molar-refractivity contribution in [3.8, 4) is 0 Å². The molecule has 0 saturated heterocycles. The van der Waals surface area contributed by atoms with Crippen LogP contribution in [0.25, 0.3) is 0 Å². The maximum Gasteiger partial charge on any atom is 0.208 e. The van der Waals surface area contributed by atoms with Crippen LogP contribution < -0.4 is 15.8 Å². The largest absolute Gasteiger partial charge is 0.409 e. The first kappa shape index (κ1) is 14.1. The molecule has 1 atom stereocenters. The van der Waals surface area contributed by atoms with Crippen LogP contribution in [0.1, 0.15) is 6.92 Å². The summed E-state index contributed by atoms with van der Waals surface area (Å²) in [5.41, 5.74) is 5.35. The third-order valence-electron chi connectivity index (χ3n) is 1.74. The van der Waals surface area contributed by atoms with Crippen molar-refractivity contribution in [2.75, 3.05) is 25.9 Å². The van der Waals surface area contributed by atoms with Gasteiger partial charge in [0.1, 0.15) is 5.84 Å². The van der Waals surface area contributed by atoms with Gasteiger partial charge in [0.15, 0.2) is 0 Å². The first-order valence-electron chi connectivity index (χ1n) is 4.49. The Morgan fingerprint density at radius 1 is 1.53 bits per heavy atom. The van der Waals surface area contributed by atoms with Gasteiger partial charge in [0.05, 0.1) is 6.26 Å². The molecule has 0 aromatic heterocycles. The summed E-state index contributed by atoms with van der Waals surface area (Å²) < 4.78 is 23.7. The maximum absolute atomic E-state index is 10.7. The fraction of sp³-hybridized carbons (Fsp3) is 0.857. The lowest BCUT2D eigenvalue weighted by molar-refractivity contribution is 0.314. The van der Waals surface area contributed by atoms with E-state index in [1.807, 2.05) is 0 Å². The van der Waals surface area contributed by atoms with Crippen molar-refractivity contribution >= 4 is 15.9 Å². The molecule has 0 bridgehead atoms. The second-order valence-electron chi connectivity index (χ2n) is 3.30. The molecule has 7 nitrogen and oxygen atoms in total. The van der Waals surface area contributed by atoms with Crippen molar-refractivity contribution in [3.05, 3.63) is 0 Å². The molecule has 0 radical (unpaired) electrons. The van der Waals surface area contributed by atoms with Crippen molar-refractivity contribution in [3.63, 3.8) is 0 Å². The zero-order valence-corrected chi connectivity index (χ0v) is 9.71. The quantitative estimate of drug-likeness (QED) is 0.142. The third kappa shape index (κ3) is 8.16. The summed E-state index contributed by atoms with van der Waals surface area (Å²) in [4.78, 5) is 0. The summed E-state index contributed by atoms with van der Waals surface area (Å²) in [5.74, 6) is 0.0619. The molecule has 0 fully saturated rings. The summed E-state index contributed by atoms with van der Waals surface area (Å²) in [6.07, 6.45) is 1.10. The van der Waals surface area contributed by atoms with Gasteiger partial charge in [-0.05, 0) is 0 Å². The number of amidine groups is 1. The second-order valence-corrected chi connectivity index (χ2v) is 5.13. The van der Waals surface area contributed by atoms with Crippen LogP contribution >= 0.6 is 0 Å². The van der Waals surface area contributed by atoms with Gasteiger partial charge in [-0.15, -0.1) is 0 Å². The average Bonchev–Trinajstić information content (AvgIpc) is 2.14. The highest BCUT2D eigenvalue weighted by molar-refractivity contribution is 7.88. The molecule has 0 aliphatic heterocycles. The van der Waals surface area contributed by atoms with Crippen LogP contribution in [0.4, 0.5) is 0 Å². The Morgan fingerprint density at radius 3 is 2.60 bits per heavy atom. The van der Waals surface area contributed by atoms with Crippen LogP contribution in [0.3, 0.4) is 0 Å². The summed E-state index contributed by atoms with van der Waals surface area (Å²) in [5, 5.41) is 14.2. The molecule has 0 spiro atoms. The van der Waals surface area contributed by atoms with E-state index in [2.05, 4.69) is 15.2 Å². The SMILES string of the molecule is CC(CNCCNS(C)(=O)=O)C(N)=NO. The lowest BCUT2D eigenvalue weighted by Gasteiger charge is -2.10. The van der Waals surface area contributed by atoms with Gasteiger partial charge in [-0.1, -0.05) is 12.1 Å². The monoisotopic (exact) mass is 238 g/mol. The van der Waals surface area contributed by atoms with Gasteiger partial charge in [-0.25, -0.2) is 13.1 Å². The van der Waals surface area contributed by atoms with E-state index in [0.29, 0.717) is 19.6 Å². The molecule has 5 N–H and O–H groups in total. The van der Waals surface area contributed by atoms with E-state index < -0.39 is 10.0 Å². The normalized spacial score (nSPS) is 15.2. The predicted molar refractivity (Wildman–Crippen MR) is 58.3 cm³/mol. The van der Waals surface area contributed by atoms with E-state index in [1.165, 1.54) is 0 Å². The molecule has 8 heteroatoms. The molecule has 0 aromatic carbocycles. The molecule has 0 aliphatic rings. The lowest BCUT2D eigenvalue weighted by Crippen LogP contribution is -2.36. The fourth-order valence-corrected chi connectivity index (χ4v) is 1.32. The van der Waals surface area contributed by atoms with E-state index in [9.17, 15) is 8.42 Å². The van der Waals surface area contributed by atoms with Gasteiger partial charge < -0.3 is 16.3 Å². The highest BCUT2D eigenvalue weighted by Gasteiger charge is 2.06. The number of nitrogens with zero attached hydrogens (tertiary/aromatic N) is 1. The Hall–Kier alpha value is -0.860. The van der Waals surface area contributed by atoms with E-state index >= 15 is 0 Å². The van der Waals surface area contributed by atoms with Crippen LogP contribution in [0.2, 0.25) is 0 Å². The summed E-state index contributed by atoms with van der Waals surface area (Å²) >= 11 is 0. The van der Waals surface area contributed by atoms with Crippen molar-refractivity contribution in [1.29, 1.82) is 0 Å². The van der Waals surface area contributed by atoms with Gasteiger partial charge >= 0.3 is 0 Å². The van der Waals surface area contributed by atoms with Gasteiger partial charge in [0.2, 0.25) is 10.0 Å². The number of sulfonamides is 1. The number of hydrogen-bond acceptors (Lipinski definition) is 5. The smallest absolute Gasteiger partial charge is 0.208 e. The molecular weight excluding hydrogens is 220 g/mol. The van der Waals surface area contributed by atoms with Crippen molar-refractivity contribution in [2.45, 2.75) is 6.92 Å². The highest BCUT2D eigenvalue weighted by atomic mass is 32.2. The van der Waals surface area contributed by atoms with Crippen molar-refractivity contribution in [2.24, 2.45) is 16.8 Å². The van der Waals surface area contributed by atoms with E-state index in [4.69, 9.17) is 10.9 Å². The maximum atomic E-state index is 10.7. The van der Waals surface area contributed by atoms with Gasteiger partial charge in [-0.3, -0.25) is 0 Å². The molecule has 0 aliphatic carbocycles. The van der Waals surface area contributed by atoms with E-state index in [0.717, 1.165) is 6.26 Å². The van der Waals surface area contributed by atoms with Crippen LogP contribution in [-0.4, -0.2) is 45.4 Å². The Labute approximate surface area is 89.8 Å². The number of rotatable bonds is 7. The average molecular weight is 238 g/mol. The topological polar surface area (TPSA) is 117 Å². The van der Waals surface area contributed by atoms with Gasteiger partial charge in [0, 0.05) is 25.6 Å². The van der Waals surface area contributed by atoms with Crippen molar-refractivity contribution < 1.29 is 13.6 Å². The van der Waals surface area contributed by atoms with Gasteiger partial charge in [0.25, 0.3) is 0 Å². The van der Waals surface area contributed by atoms with Crippen LogP contribution in [0.15, 0.2) is 5.16 Å². The Morgan fingerprint density at radius 2 is 2.13 bits per heavy atom. The number of oxime groups is 1. The Balaban J connectivity index is 3.56. The van der Waals surface area contributed by atoms with Crippen LogP contribution in [-0.2, 0) is 10.0 Å². The molecule has 0 saturated carbocycles.